The highest BCUT2D eigenvalue weighted by Gasteiger charge is 2.25. The van der Waals surface area contributed by atoms with Crippen LogP contribution >= 0.6 is 0 Å². The Morgan fingerprint density at radius 3 is 2.87 bits per heavy atom. The lowest BCUT2D eigenvalue weighted by atomic mass is 9.76. The highest BCUT2D eigenvalue weighted by atomic mass is 14.6. The van der Waals surface area contributed by atoms with E-state index in [1.165, 1.54) is 36.8 Å². The molecule has 0 saturated heterocycles. The first kappa shape index (κ1) is 10.6. The third kappa shape index (κ3) is 2.37. The fourth-order valence-electron chi connectivity index (χ4n) is 2.71. The molecule has 0 aromatic carbocycles. The standard InChI is InChI=1S/C13H20N2/c1-10-6-12(9-15-8-10)13-5-3-2-4-11(13)7-14/h6,8-9,11,13H,2-5,7,14H2,1H3. The maximum absolute atomic E-state index is 5.85. The molecule has 82 valence electrons. The molecule has 2 unspecified atom stereocenters. The Morgan fingerprint density at radius 2 is 2.13 bits per heavy atom. The molecule has 1 fully saturated rings. The summed E-state index contributed by atoms with van der Waals surface area (Å²) in [6.07, 6.45) is 9.20. The third-order valence-electron chi connectivity index (χ3n) is 3.54. The summed E-state index contributed by atoms with van der Waals surface area (Å²) in [5, 5.41) is 0. The number of nitrogens with two attached hydrogens (primary N) is 1. The number of nitrogens with zero attached hydrogens (tertiary/aromatic N) is 1. The predicted octanol–water partition coefficient (Wildman–Crippen LogP) is 2.62. The summed E-state index contributed by atoms with van der Waals surface area (Å²) in [4.78, 5) is 4.29. The zero-order chi connectivity index (χ0) is 10.7. The van der Waals surface area contributed by atoms with Gasteiger partial charge in [-0.05, 0) is 49.3 Å². The molecule has 2 rings (SSSR count). The van der Waals surface area contributed by atoms with Crippen molar-refractivity contribution in [2.45, 2.75) is 38.5 Å². The maximum Gasteiger partial charge on any atom is 0.0303 e. The fourth-order valence-corrected chi connectivity index (χ4v) is 2.71. The Labute approximate surface area is 91.9 Å². The van der Waals surface area contributed by atoms with Crippen LogP contribution in [0.5, 0.6) is 0 Å². The quantitative estimate of drug-likeness (QED) is 0.804. The van der Waals surface area contributed by atoms with Crippen molar-refractivity contribution in [1.29, 1.82) is 0 Å². The van der Waals surface area contributed by atoms with E-state index in [1.807, 2.05) is 12.4 Å². The van der Waals surface area contributed by atoms with Gasteiger partial charge in [-0.2, -0.15) is 0 Å². The van der Waals surface area contributed by atoms with E-state index in [0.29, 0.717) is 11.8 Å². The van der Waals surface area contributed by atoms with E-state index in [0.717, 1.165) is 6.54 Å². The van der Waals surface area contributed by atoms with Gasteiger partial charge in [0.05, 0.1) is 0 Å². The maximum atomic E-state index is 5.85. The first-order valence-corrected chi connectivity index (χ1v) is 5.93. The minimum absolute atomic E-state index is 0.649. The largest absolute Gasteiger partial charge is 0.330 e. The molecule has 0 radical (unpaired) electrons. The summed E-state index contributed by atoms with van der Waals surface area (Å²) < 4.78 is 0. The molecule has 1 heterocycles. The van der Waals surface area contributed by atoms with E-state index in [2.05, 4.69) is 18.0 Å². The Balaban J connectivity index is 2.20. The van der Waals surface area contributed by atoms with Crippen molar-refractivity contribution in [3.05, 3.63) is 29.6 Å². The smallest absolute Gasteiger partial charge is 0.0303 e. The van der Waals surface area contributed by atoms with Gasteiger partial charge in [-0.1, -0.05) is 18.9 Å². The SMILES string of the molecule is Cc1cncc(C2CCCCC2CN)c1. The lowest BCUT2D eigenvalue weighted by molar-refractivity contribution is 0.314. The summed E-state index contributed by atoms with van der Waals surface area (Å²) in [7, 11) is 0. The molecule has 0 bridgehead atoms. The van der Waals surface area contributed by atoms with Gasteiger partial charge in [0.15, 0.2) is 0 Å². The number of rotatable bonds is 2. The summed E-state index contributed by atoms with van der Waals surface area (Å²) in [5.41, 5.74) is 8.50. The summed E-state index contributed by atoms with van der Waals surface area (Å²) in [5.74, 6) is 1.32. The van der Waals surface area contributed by atoms with Crippen LogP contribution in [-0.2, 0) is 0 Å². The Kier molecular flexibility index (Phi) is 3.37. The molecule has 2 heteroatoms. The van der Waals surface area contributed by atoms with Crippen LogP contribution < -0.4 is 5.73 Å². The van der Waals surface area contributed by atoms with Crippen molar-refractivity contribution in [3.8, 4) is 0 Å². The van der Waals surface area contributed by atoms with Crippen LogP contribution in [0.2, 0.25) is 0 Å². The molecule has 2 N–H and O–H groups in total. The van der Waals surface area contributed by atoms with Crippen molar-refractivity contribution in [2.75, 3.05) is 6.54 Å². The fraction of sp³-hybridized carbons (Fsp3) is 0.615. The molecular formula is C13H20N2. The van der Waals surface area contributed by atoms with Crippen LogP contribution in [-0.4, -0.2) is 11.5 Å². The van der Waals surface area contributed by atoms with E-state index in [-0.39, 0.29) is 0 Å². The average molecular weight is 204 g/mol. The van der Waals surface area contributed by atoms with Gasteiger partial charge in [0.2, 0.25) is 0 Å². The minimum atomic E-state index is 0.649. The van der Waals surface area contributed by atoms with Gasteiger partial charge < -0.3 is 5.73 Å². The number of aromatic nitrogens is 1. The van der Waals surface area contributed by atoms with Crippen molar-refractivity contribution >= 4 is 0 Å². The molecule has 1 saturated carbocycles. The molecule has 1 aliphatic carbocycles. The predicted molar refractivity (Wildman–Crippen MR) is 62.7 cm³/mol. The van der Waals surface area contributed by atoms with Gasteiger partial charge in [-0.3, -0.25) is 4.98 Å². The molecule has 15 heavy (non-hydrogen) atoms. The van der Waals surface area contributed by atoms with E-state index in [9.17, 15) is 0 Å². The van der Waals surface area contributed by atoms with Gasteiger partial charge in [-0.25, -0.2) is 0 Å². The van der Waals surface area contributed by atoms with Crippen molar-refractivity contribution < 1.29 is 0 Å². The van der Waals surface area contributed by atoms with Gasteiger partial charge in [0.25, 0.3) is 0 Å². The number of aryl methyl sites for hydroxylation is 1. The van der Waals surface area contributed by atoms with Crippen LogP contribution in [0.4, 0.5) is 0 Å². The first-order chi connectivity index (χ1) is 7.31. The van der Waals surface area contributed by atoms with Crippen molar-refractivity contribution in [3.63, 3.8) is 0 Å². The lowest BCUT2D eigenvalue weighted by Gasteiger charge is -2.30. The monoisotopic (exact) mass is 204 g/mol. The zero-order valence-electron chi connectivity index (χ0n) is 9.45. The molecule has 0 aliphatic heterocycles. The van der Waals surface area contributed by atoms with E-state index in [1.54, 1.807) is 0 Å². The zero-order valence-corrected chi connectivity index (χ0v) is 9.45. The number of hydrogen-bond donors (Lipinski definition) is 1. The van der Waals surface area contributed by atoms with Crippen LogP contribution in [0, 0.1) is 12.8 Å². The number of hydrogen-bond acceptors (Lipinski definition) is 2. The van der Waals surface area contributed by atoms with Crippen LogP contribution in [0.25, 0.3) is 0 Å². The molecule has 1 aromatic rings. The van der Waals surface area contributed by atoms with Crippen LogP contribution in [0.1, 0.15) is 42.7 Å². The molecule has 1 aliphatic rings. The Morgan fingerprint density at radius 1 is 1.33 bits per heavy atom. The molecule has 2 nitrogen and oxygen atoms in total. The minimum Gasteiger partial charge on any atom is -0.330 e. The second kappa shape index (κ2) is 4.75. The summed E-state index contributed by atoms with van der Waals surface area (Å²) >= 11 is 0. The third-order valence-corrected chi connectivity index (χ3v) is 3.54. The molecule has 2 atom stereocenters. The average Bonchev–Trinajstić information content (AvgIpc) is 2.29. The molecule has 0 amide bonds. The molecule has 1 aromatic heterocycles. The first-order valence-electron chi connectivity index (χ1n) is 5.93. The van der Waals surface area contributed by atoms with E-state index >= 15 is 0 Å². The second-order valence-corrected chi connectivity index (χ2v) is 4.68. The topological polar surface area (TPSA) is 38.9 Å². The van der Waals surface area contributed by atoms with Gasteiger partial charge in [-0.15, -0.1) is 0 Å². The van der Waals surface area contributed by atoms with Crippen LogP contribution in [0.15, 0.2) is 18.5 Å². The highest BCUT2D eigenvalue weighted by Crippen LogP contribution is 2.36. The molecule has 0 spiro atoms. The van der Waals surface area contributed by atoms with Gasteiger partial charge in [0, 0.05) is 12.4 Å². The summed E-state index contributed by atoms with van der Waals surface area (Å²) in [6.45, 7) is 2.93. The van der Waals surface area contributed by atoms with Crippen LogP contribution in [0.3, 0.4) is 0 Å². The van der Waals surface area contributed by atoms with Gasteiger partial charge in [0.1, 0.15) is 0 Å². The van der Waals surface area contributed by atoms with Gasteiger partial charge >= 0.3 is 0 Å². The van der Waals surface area contributed by atoms with E-state index < -0.39 is 0 Å². The molecular weight excluding hydrogens is 184 g/mol. The lowest BCUT2D eigenvalue weighted by Crippen LogP contribution is -2.25. The highest BCUT2D eigenvalue weighted by molar-refractivity contribution is 5.22. The van der Waals surface area contributed by atoms with E-state index in [4.69, 9.17) is 5.73 Å². The Bertz CT molecular complexity index is 322. The second-order valence-electron chi connectivity index (χ2n) is 4.68. The Hall–Kier alpha value is -0.890. The number of pyridine rings is 1. The van der Waals surface area contributed by atoms with Crippen molar-refractivity contribution in [1.82, 2.24) is 4.98 Å². The van der Waals surface area contributed by atoms with Crippen molar-refractivity contribution in [2.24, 2.45) is 11.7 Å². The summed E-state index contributed by atoms with van der Waals surface area (Å²) in [6, 6.07) is 2.27. The normalized spacial score (nSPS) is 26.5.